The average molecular weight is 326 g/mol. The van der Waals surface area contributed by atoms with Crippen LogP contribution >= 0.6 is 0 Å². The smallest absolute Gasteiger partial charge is 0.228 e. The van der Waals surface area contributed by atoms with E-state index in [1.54, 1.807) is 0 Å². The molecular weight excluding hydrogens is 286 g/mol. The average Bonchev–Trinajstić information content (AvgIpc) is 3.13. The summed E-state index contributed by atoms with van der Waals surface area (Å²) in [5.41, 5.74) is -4.29. The Morgan fingerprint density at radius 1 is 1.26 bits per heavy atom. The Hall–Kier alpha value is -2.62. The summed E-state index contributed by atoms with van der Waals surface area (Å²) in [5, 5.41) is 0. The van der Waals surface area contributed by atoms with Gasteiger partial charge in [-0.3, -0.25) is 4.79 Å². The van der Waals surface area contributed by atoms with E-state index in [1.807, 2.05) is 0 Å². The van der Waals surface area contributed by atoms with E-state index >= 15 is 0 Å². The number of carbonyl (C=O) groups excluding carboxylic acids is 1. The van der Waals surface area contributed by atoms with Crippen molar-refractivity contribution < 1.29 is 29.5 Å². The molecule has 1 aromatic carbocycles. The lowest BCUT2D eigenvalue weighted by Crippen LogP contribution is -2.24. The summed E-state index contributed by atoms with van der Waals surface area (Å²) in [6.07, 6.45) is -2.83. The molecule has 118 valence electrons. The van der Waals surface area contributed by atoms with E-state index in [9.17, 15) is 4.79 Å². The number of fused-ring (bicyclic) bond motifs is 1. The van der Waals surface area contributed by atoms with Gasteiger partial charge in [0.1, 0.15) is 5.65 Å². The number of rotatable bonds is 3. The Morgan fingerprint density at radius 2 is 2.04 bits per heavy atom. The molecule has 23 heavy (non-hydrogen) atoms. The molecule has 0 radical (unpaired) electrons. The zero-order valence-corrected chi connectivity index (χ0v) is 11.5. The second kappa shape index (κ2) is 5.88. The van der Waals surface area contributed by atoms with Gasteiger partial charge in [0.25, 0.3) is 0 Å². The highest BCUT2D eigenvalue weighted by molar-refractivity contribution is 5.81. The van der Waals surface area contributed by atoms with Gasteiger partial charge in [0, 0.05) is 44.9 Å². The fraction of sp³-hybridized carbons (Fsp3) is 0.263. The second-order valence-electron chi connectivity index (χ2n) is 4.47. The van der Waals surface area contributed by atoms with Crippen LogP contribution in [0.3, 0.4) is 0 Å². The summed E-state index contributed by atoms with van der Waals surface area (Å²) < 4.78 is 142. The molecule has 3 rings (SSSR count). The molecule has 0 aliphatic heterocycles. The van der Waals surface area contributed by atoms with Crippen LogP contribution in [0, 0.1) is 13.7 Å². The largest absolute Gasteiger partial charge is 0.348 e. The minimum Gasteiger partial charge on any atom is -0.348 e. The first-order valence-corrected chi connectivity index (χ1v) is 6.23. The van der Waals surface area contributed by atoms with E-state index in [0.29, 0.717) is 4.40 Å². The van der Waals surface area contributed by atoms with Crippen LogP contribution in [0.15, 0.2) is 42.5 Å². The van der Waals surface area contributed by atoms with Gasteiger partial charge in [-0.05, 0) is 25.3 Å². The van der Waals surface area contributed by atoms with E-state index in [2.05, 4.69) is 4.98 Å². The normalized spacial score (nSPS) is 25.2. The summed E-state index contributed by atoms with van der Waals surface area (Å²) in [6.45, 7) is -13.3. The molecule has 0 unspecified atom stereocenters. The van der Waals surface area contributed by atoms with Crippen molar-refractivity contribution in [3.8, 4) is 11.3 Å². The minimum atomic E-state index is -3.69. The maximum atomic E-state index is 13.4. The number of hydrogen-bond donors (Lipinski definition) is 0. The zero-order valence-electron chi connectivity index (χ0n) is 29.5. The van der Waals surface area contributed by atoms with Crippen molar-refractivity contribution >= 4 is 11.6 Å². The van der Waals surface area contributed by atoms with Crippen molar-refractivity contribution in [2.45, 2.75) is 20.1 Å². The number of likely N-dealkylation sites (N-methyl/N-ethyl adjacent to an activating group) is 1. The first kappa shape index (κ1) is 4.69. The number of hydrogen-bond acceptors (Lipinski definition) is 2. The molecule has 3 aromatic rings. The SMILES string of the molecule is [2H]c1c([2H])c(C([2H])([2H])[2H])c([2H])c([2H])c1-c1nc2ccc(C([2H])([2H])[2H])cn2c1C([2H])([2H])C(=O)N(C([2H])([2H])[2H])C([2H])([2H])[2H]. The van der Waals surface area contributed by atoms with Crippen LogP contribution in [-0.2, 0) is 11.2 Å². The predicted molar refractivity (Wildman–Crippen MR) is 92.5 cm³/mol. The molecular formula is C19H21N3O. The Kier molecular flexibility index (Phi) is 1.20. The molecule has 0 spiro atoms. The molecule has 0 saturated carbocycles. The Bertz CT molecular complexity index is 1480. The number of amides is 1. The molecule has 0 atom stereocenters. The first-order chi connectivity index (χ1) is 18.2. The zero-order chi connectivity index (χ0) is 31.8. The third kappa shape index (κ3) is 2.97. The highest BCUT2D eigenvalue weighted by atomic mass is 16.2. The quantitative estimate of drug-likeness (QED) is 0.741. The van der Waals surface area contributed by atoms with Crippen molar-refractivity contribution in [3.63, 3.8) is 0 Å². The molecule has 0 N–H and O–H groups in total. The molecule has 1 amide bonds. The van der Waals surface area contributed by atoms with Crippen LogP contribution in [0.2, 0.25) is 0 Å². The van der Waals surface area contributed by atoms with Gasteiger partial charge in [0.05, 0.1) is 23.2 Å². The van der Waals surface area contributed by atoms with Crippen molar-refractivity contribution in [2.24, 2.45) is 0 Å². The fourth-order valence-corrected chi connectivity index (χ4v) is 1.93. The molecule has 2 aromatic heterocycles. The number of imidazole rings is 1. The minimum absolute atomic E-state index is 0.300. The van der Waals surface area contributed by atoms with E-state index in [-0.39, 0.29) is 5.65 Å². The Balaban J connectivity index is 2.55. The molecule has 0 aliphatic carbocycles. The molecule has 4 heteroatoms. The van der Waals surface area contributed by atoms with Crippen LogP contribution in [0.4, 0.5) is 0 Å². The summed E-state index contributed by atoms with van der Waals surface area (Å²) in [5.74, 6) is -2.13. The van der Waals surface area contributed by atoms with Gasteiger partial charge < -0.3 is 9.30 Å². The Labute approximate surface area is 161 Å². The number of aryl methyl sites for hydroxylation is 1. The van der Waals surface area contributed by atoms with Gasteiger partial charge in [-0.25, -0.2) is 4.98 Å². The van der Waals surface area contributed by atoms with Crippen LogP contribution in [-0.4, -0.2) is 34.1 Å². The summed E-state index contributed by atoms with van der Waals surface area (Å²) >= 11 is 0. The summed E-state index contributed by atoms with van der Waals surface area (Å²) in [4.78, 5) is 16.8. The van der Waals surface area contributed by atoms with E-state index < -0.39 is 97.1 Å². The van der Waals surface area contributed by atoms with Crippen LogP contribution in [0.25, 0.3) is 16.9 Å². The number of pyridine rings is 1. The monoisotopic (exact) mass is 325 g/mol. The first-order valence-electron chi connectivity index (χ1n) is 15.2. The maximum Gasteiger partial charge on any atom is 0.228 e. The van der Waals surface area contributed by atoms with Gasteiger partial charge in [-0.15, -0.1) is 0 Å². The Morgan fingerprint density at radius 3 is 2.74 bits per heavy atom. The van der Waals surface area contributed by atoms with E-state index in [0.717, 1.165) is 18.3 Å². The van der Waals surface area contributed by atoms with E-state index in [4.69, 9.17) is 24.7 Å². The third-order valence-electron chi connectivity index (χ3n) is 2.91. The molecule has 2 heterocycles. The fourth-order valence-electron chi connectivity index (χ4n) is 1.93. The predicted octanol–water partition coefficient (Wildman–Crippen LogP) is 3.25. The second-order valence-corrected chi connectivity index (χ2v) is 4.47. The van der Waals surface area contributed by atoms with E-state index in [1.165, 1.54) is 0 Å². The maximum absolute atomic E-state index is 13.4. The summed E-state index contributed by atoms with van der Waals surface area (Å²) in [6, 6.07) is -1.96. The number of benzene rings is 1. The van der Waals surface area contributed by atoms with Crippen molar-refractivity contribution in [2.75, 3.05) is 14.0 Å². The molecule has 0 saturated heterocycles. The summed E-state index contributed by atoms with van der Waals surface area (Å²) in [7, 11) is 0. The lowest BCUT2D eigenvalue weighted by atomic mass is 10.1. The van der Waals surface area contributed by atoms with Crippen molar-refractivity contribution in [3.05, 3.63) is 59.3 Å². The number of aromatic nitrogens is 2. The van der Waals surface area contributed by atoms with Gasteiger partial charge >= 0.3 is 0 Å². The van der Waals surface area contributed by atoms with Crippen molar-refractivity contribution in [1.82, 2.24) is 14.3 Å². The van der Waals surface area contributed by atoms with Gasteiger partial charge in [0.15, 0.2) is 0 Å². The topological polar surface area (TPSA) is 37.6 Å². The lowest BCUT2D eigenvalue weighted by molar-refractivity contribution is -0.128. The number of carbonyl (C=O) groups is 1. The molecule has 0 bridgehead atoms. The molecule has 0 fully saturated rings. The van der Waals surface area contributed by atoms with Crippen LogP contribution in [0.1, 0.15) is 41.5 Å². The van der Waals surface area contributed by atoms with Crippen LogP contribution in [0.5, 0.6) is 0 Å². The molecule has 0 aliphatic rings. The highest BCUT2D eigenvalue weighted by Crippen LogP contribution is 2.26. The molecule has 4 nitrogen and oxygen atoms in total. The lowest BCUT2D eigenvalue weighted by Gasteiger charge is -2.11. The van der Waals surface area contributed by atoms with Crippen molar-refractivity contribution in [1.29, 1.82) is 0 Å². The van der Waals surface area contributed by atoms with Crippen LogP contribution < -0.4 is 0 Å². The number of nitrogens with zero attached hydrogens (tertiary/aromatic N) is 3. The highest BCUT2D eigenvalue weighted by Gasteiger charge is 2.18. The third-order valence-corrected chi connectivity index (χ3v) is 2.91. The van der Waals surface area contributed by atoms with Gasteiger partial charge in [-0.2, -0.15) is 0 Å². The standard InChI is InChI=1S/C19H21N3O/c1-13-5-8-15(9-6-13)19-16(11-18(23)21(3)4)22-12-14(2)7-10-17(22)20-19/h5-10,12H,11H2,1-4H3/i1D3,2D3,3D3,4D3,5D,6D,8D,9D,11D2. The van der Waals surface area contributed by atoms with Gasteiger partial charge in [0.2, 0.25) is 5.91 Å². The van der Waals surface area contributed by atoms with Gasteiger partial charge in [-0.1, -0.05) is 35.8 Å².